The van der Waals surface area contributed by atoms with Crippen molar-refractivity contribution in [2.75, 3.05) is 6.26 Å². The number of hydrogen-bond donors (Lipinski definition) is 2. The van der Waals surface area contributed by atoms with Crippen LogP contribution in [-0.4, -0.2) is 17.3 Å². The van der Waals surface area contributed by atoms with E-state index in [1.807, 2.05) is 24.5 Å². The van der Waals surface area contributed by atoms with Gasteiger partial charge in [0.2, 0.25) is 0 Å². The number of nitrogen functional groups attached to an aromatic ring is 1. The number of benzene rings is 1. The Balaban J connectivity index is 3.19. The normalized spacial score (nSPS) is 10.7. The van der Waals surface area contributed by atoms with Crippen LogP contribution in [0.1, 0.15) is 19.4 Å². The molecule has 0 aliphatic rings. The molecule has 1 aromatic rings. The first kappa shape index (κ1) is 12.5. The number of amidine groups is 1. The Kier molecular flexibility index (Phi) is 4.54. The highest BCUT2D eigenvalue weighted by atomic mass is 32.2. The van der Waals surface area contributed by atoms with Crippen LogP contribution in [0.5, 0.6) is 0 Å². The highest BCUT2D eigenvalue weighted by Gasteiger charge is 2.11. The molecule has 1 rings (SSSR count). The van der Waals surface area contributed by atoms with E-state index in [9.17, 15) is 0 Å². The van der Waals surface area contributed by atoms with Crippen molar-refractivity contribution >= 4 is 29.4 Å². The van der Waals surface area contributed by atoms with Crippen LogP contribution in [0.3, 0.4) is 0 Å². The lowest BCUT2D eigenvalue weighted by atomic mass is 10.2. The van der Waals surface area contributed by atoms with Crippen LogP contribution >= 0.6 is 23.5 Å². The Morgan fingerprint density at radius 2 is 1.93 bits per heavy atom. The van der Waals surface area contributed by atoms with Crippen molar-refractivity contribution in [2.45, 2.75) is 28.9 Å². The molecule has 0 fully saturated rings. The van der Waals surface area contributed by atoms with Crippen LogP contribution in [0.4, 0.5) is 0 Å². The van der Waals surface area contributed by atoms with Gasteiger partial charge in [0.15, 0.2) is 0 Å². The monoisotopic (exact) mass is 240 g/mol. The van der Waals surface area contributed by atoms with Crippen molar-refractivity contribution in [2.24, 2.45) is 5.73 Å². The van der Waals surface area contributed by atoms with Gasteiger partial charge < -0.3 is 5.73 Å². The second-order valence-electron chi connectivity index (χ2n) is 3.41. The molecule has 82 valence electrons. The summed E-state index contributed by atoms with van der Waals surface area (Å²) in [5, 5.41) is 8.12. The minimum absolute atomic E-state index is 0.156. The number of nitrogens with one attached hydrogen (secondary N) is 1. The van der Waals surface area contributed by atoms with Crippen molar-refractivity contribution in [3.63, 3.8) is 0 Å². The summed E-state index contributed by atoms with van der Waals surface area (Å²) in [6.45, 7) is 4.28. The van der Waals surface area contributed by atoms with Gasteiger partial charge in [-0.3, -0.25) is 5.41 Å². The lowest BCUT2D eigenvalue weighted by Crippen LogP contribution is -2.14. The third-order valence-electron chi connectivity index (χ3n) is 1.84. The number of thioether (sulfide) groups is 2. The Morgan fingerprint density at radius 3 is 2.40 bits per heavy atom. The third kappa shape index (κ3) is 3.18. The van der Waals surface area contributed by atoms with Gasteiger partial charge in [-0.05, 0) is 18.4 Å². The van der Waals surface area contributed by atoms with Crippen LogP contribution in [0.15, 0.2) is 28.0 Å². The van der Waals surface area contributed by atoms with Gasteiger partial charge in [-0.2, -0.15) is 0 Å². The molecule has 1 aromatic carbocycles. The second-order valence-corrected chi connectivity index (χ2v) is 5.88. The molecule has 3 N–H and O–H groups in total. The summed E-state index contributed by atoms with van der Waals surface area (Å²) in [5.41, 5.74) is 6.50. The van der Waals surface area contributed by atoms with Gasteiger partial charge in [0.1, 0.15) is 5.84 Å². The van der Waals surface area contributed by atoms with E-state index in [1.54, 1.807) is 23.5 Å². The average molecular weight is 240 g/mol. The summed E-state index contributed by atoms with van der Waals surface area (Å²) in [5.74, 6) is 0.156. The fourth-order valence-electron chi connectivity index (χ4n) is 1.30. The van der Waals surface area contributed by atoms with Crippen LogP contribution in [0, 0.1) is 5.41 Å². The van der Waals surface area contributed by atoms with Crippen molar-refractivity contribution < 1.29 is 0 Å². The molecule has 0 spiro atoms. The molecule has 0 heterocycles. The zero-order valence-electron chi connectivity index (χ0n) is 9.20. The minimum atomic E-state index is 0.156. The van der Waals surface area contributed by atoms with E-state index in [2.05, 4.69) is 13.8 Å². The Morgan fingerprint density at radius 1 is 1.33 bits per heavy atom. The van der Waals surface area contributed by atoms with Crippen molar-refractivity contribution in [3.05, 3.63) is 23.8 Å². The van der Waals surface area contributed by atoms with Crippen LogP contribution in [-0.2, 0) is 0 Å². The highest BCUT2D eigenvalue weighted by Crippen LogP contribution is 2.32. The molecule has 0 amide bonds. The zero-order valence-corrected chi connectivity index (χ0v) is 10.8. The number of nitrogens with two attached hydrogens (primary N) is 1. The summed E-state index contributed by atoms with van der Waals surface area (Å²) >= 11 is 3.38. The van der Waals surface area contributed by atoms with Crippen LogP contribution in [0.2, 0.25) is 0 Å². The number of hydrogen-bond acceptors (Lipinski definition) is 3. The molecule has 0 unspecified atom stereocenters. The van der Waals surface area contributed by atoms with E-state index in [1.165, 1.54) is 0 Å². The van der Waals surface area contributed by atoms with Gasteiger partial charge in [0.25, 0.3) is 0 Å². The standard InChI is InChI=1S/C11H16N2S2/c1-7(2)15-9-6-4-5-8(14-3)10(9)11(12)13/h4-7H,1-3H3,(H3,12,13). The van der Waals surface area contributed by atoms with Crippen LogP contribution < -0.4 is 5.73 Å². The van der Waals surface area contributed by atoms with Crippen molar-refractivity contribution in [1.29, 1.82) is 5.41 Å². The molecule has 0 aliphatic carbocycles. The lowest BCUT2D eigenvalue weighted by Gasteiger charge is -2.13. The van der Waals surface area contributed by atoms with Crippen molar-refractivity contribution in [3.8, 4) is 0 Å². The lowest BCUT2D eigenvalue weighted by molar-refractivity contribution is 1.10. The molecular weight excluding hydrogens is 224 g/mol. The van der Waals surface area contributed by atoms with Gasteiger partial charge in [-0.25, -0.2) is 0 Å². The fraction of sp³-hybridized carbons (Fsp3) is 0.364. The molecule has 2 nitrogen and oxygen atoms in total. The maximum atomic E-state index is 7.62. The molecule has 0 radical (unpaired) electrons. The summed E-state index contributed by atoms with van der Waals surface area (Å²) in [7, 11) is 0. The fourth-order valence-corrected chi connectivity index (χ4v) is 3.00. The topological polar surface area (TPSA) is 49.9 Å². The smallest absolute Gasteiger partial charge is 0.125 e. The van der Waals surface area contributed by atoms with Crippen LogP contribution in [0.25, 0.3) is 0 Å². The maximum absolute atomic E-state index is 7.62. The molecule has 0 atom stereocenters. The average Bonchev–Trinajstić information content (AvgIpc) is 2.15. The van der Waals surface area contributed by atoms with Crippen molar-refractivity contribution in [1.82, 2.24) is 0 Å². The third-order valence-corrected chi connectivity index (χ3v) is 3.69. The summed E-state index contributed by atoms with van der Waals surface area (Å²) < 4.78 is 0. The van der Waals surface area contributed by atoms with Gasteiger partial charge in [-0.1, -0.05) is 19.9 Å². The molecule has 0 aliphatic heterocycles. The quantitative estimate of drug-likeness (QED) is 0.483. The van der Waals surface area contributed by atoms with Gasteiger partial charge >= 0.3 is 0 Å². The van der Waals surface area contributed by atoms with E-state index < -0.39 is 0 Å². The Labute approximate surface area is 99.5 Å². The summed E-state index contributed by atoms with van der Waals surface area (Å²) in [6, 6.07) is 6.05. The van der Waals surface area contributed by atoms with Gasteiger partial charge in [0.05, 0.1) is 0 Å². The van der Waals surface area contributed by atoms with E-state index in [-0.39, 0.29) is 5.84 Å². The molecule has 0 saturated heterocycles. The van der Waals surface area contributed by atoms with E-state index >= 15 is 0 Å². The minimum Gasteiger partial charge on any atom is -0.384 e. The molecule has 4 heteroatoms. The molecule has 0 aromatic heterocycles. The second kappa shape index (κ2) is 5.47. The molecule has 15 heavy (non-hydrogen) atoms. The largest absolute Gasteiger partial charge is 0.384 e. The van der Waals surface area contributed by atoms with E-state index in [4.69, 9.17) is 11.1 Å². The predicted octanol–water partition coefficient (Wildman–Crippen LogP) is 3.19. The molecule has 0 saturated carbocycles. The molecular formula is C11H16N2S2. The predicted molar refractivity (Wildman–Crippen MR) is 70.2 cm³/mol. The first-order chi connectivity index (χ1) is 7.06. The summed E-state index contributed by atoms with van der Waals surface area (Å²) in [4.78, 5) is 2.18. The van der Waals surface area contributed by atoms with E-state index in [0.717, 1.165) is 15.4 Å². The Bertz CT molecular complexity index is 362. The Hall–Kier alpha value is -0.610. The van der Waals surface area contributed by atoms with Gasteiger partial charge in [-0.15, -0.1) is 23.5 Å². The first-order valence-corrected chi connectivity index (χ1v) is 6.84. The first-order valence-electron chi connectivity index (χ1n) is 4.74. The number of rotatable bonds is 4. The SMILES string of the molecule is CSc1cccc(SC(C)C)c1C(=N)N. The van der Waals surface area contributed by atoms with Gasteiger partial charge in [0, 0.05) is 20.6 Å². The van der Waals surface area contributed by atoms with E-state index in [0.29, 0.717) is 5.25 Å². The highest BCUT2D eigenvalue weighted by molar-refractivity contribution is 8.00. The zero-order chi connectivity index (χ0) is 11.4. The maximum Gasteiger partial charge on any atom is 0.125 e. The molecule has 0 bridgehead atoms. The summed E-state index contributed by atoms with van der Waals surface area (Å²) in [6.07, 6.45) is 2.01.